The largest absolute Gasteiger partial charge is 0.353 e. The summed E-state index contributed by atoms with van der Waals surface area (Å²) < 4.78 is 15.1. The molecule has 1 unspecified atom stereocenters. The molecular weight excluding hydrogens is 301 g/mol. The number of halogens is 1. The molecule has 1 aromatic carbocycles. The molecule has 1 saturated carbocycles. The van der Waals surface area contributed by atoms with Crippen molar-refractivity contribution in [3.8, 4) is 5.69 Å². The summed E-state index contributed by atoms with van der Waals surface area (Å²) in [4.78, 5) is 16.2. The molecular formula is C16H18FN3OS. The number of rotatable bonds is 6. The van der Waals surface area contributed by atoms with Crippen LogP contribution in [0.2, 0.25) is 0 Å². The summed E-state index contributed by atoms with van der Waals surface area (Å²) in [5, 5.41) is 3.70. The van der Waals surface area contributed by atoms with Gasteiger partial charge in [0.2, 0.25) is 5.91 Å². The number of aromatic nitrogens is 2. The Morgan fingerprint density at radius 3 is 3.09 bits per heavy atom. The lowest BCUT2D eigenvalue weighted by atomic mass is 10.2. The number of carbonyl (C=O) groups is 1. The fraction of sp³-hybridized carbons (Fsp3) is 0.375. The van der Waals surface area contributed by atoms with Gasteiger partial charge in [0.25, 0.3) is 0 Å². The van der Waals surface area contributed by atoms with Crippen molar-refractivity contribution in [2.45, 2.75) is 31.0 Å². The van der Waals surface area contributed by atoms with Gasteiger partial charge >= 0.3 is 0 Å². The Hall–Kier alpha value is -1.82. The molecule has 22 heavy (non-hydrogen) atoms. The summed E-state index contributed by atoms with van der Waals surface area (Å²) in [6.45, 7) is 2.05. The summed E-state index contributed by atoms with van der Waals surface area (Å²) in [7, 11) is 0. The number of benzene rings is 1. The van der Waals surface area contributed by atoms with E-state index in [1.54, 1.807) is 23.0 Å². The number of hydrogen-bond acceptors (Lipinski definition) is 3. The first-order chi connectivity index (χ1) is 10.6. The zero-order valence-electron chi connectivity index (χ0n) is 12.3. The molecule has 6 heteroatoms. The second-order valence-corrected chi connectivity index (χ2v) is 6.48. The summed E-state index contributed by atoms with van der Waals surface area (Å²) in [6.07, 6.45) is 5.83. The maximum absolute atomic E-state index is 13.3. The average Bonchev–Trinajstić information content (AvgIpc) is 3.24. The first kappa shape index (κ1) is 15.1. The normalized spacial score (nSPS) is 15.5. The number of imidazole rings is 1. The number of carbonyl (C=O) groups excluding carboxylic acids is 1. The lowest BCUT2D eigenvalue weighted by Gasteiger charge is -2.12. The first-order valence-electron chi connectivity index (χ1n) is 7.35. The van der Waals surface area contributed by atoms with E-state index in [2.05, 4.69) is 10.3 Å². The highest BCUT2D eigenvalue weighted by atomic mass is 32.2. The van der Waals surface area contributed by atoms with Gasteiger partial charge in [0, 0.05) is 18.4 Å². The Morgan fingerprint density at radius 1 is 1.55 bits per heavy atom. The molecule has 1 N–H and O–H groups in total. The van der Waals surface area contributed by atoms with Crippen molar-refractivity contribution >= 4 is 17.7 Å². The third-order valence-corrected chi connectivity index (χ3v) is 4.71. The molecule has 2 aromatic rings. The smallest absolute Gasteiger partial charge is 0.230 e. The quantitative estimate of drug-likeness (QED) is 0.833. The van der Waals surface area contributed by atoms with Crippen LogP contribution in [-0.4, -0.2) is 27.3 Å². The molecule has 1 fully saturated rings. The molecule has 0 bridgehead atoms. The molecule has 0 spiro atoms. The minimum Gasteiger partial charge on any atom is -0.353 e. The van der Waals surface area contributed by atoms with Crippen molar-refractivity contribution in [2.24, 2.45) is 5.92 Å². The van der Waals surface area contributed by atoms with Gasteiger partial charge in [-0.1, -0.05) is 17.8 Å². The van der Waals surface area contributed by atoms with Gasteiger partial charge in [-0.25, -0.2) is 9.37 Å². The Morgan fingerprint density at radius 2 is 2.36 bits per heavy atom. The Labute approximate surface area is 133 Å². The fourth-order valence-corrected chi connectivity index (χ4v) is 3.14. The van der Waals surface area contributed by atoms with Crippen LogP contribution in [0.3, 0.4) is 0 Å². The van der Waals surface area contributed by atoms with Crippen LogP contribution in [-0.2, 0) is 4.79 Å². The van der Waals surface area contributed by atoms with Crippen LogP contribution < -0.4 is 5.32 Å². The van der Waals surface area contributed by atoms with E-state index in [1.165, 1.54) is 36.7 Å². The van der Waals surface area contributed by atoms with Crippen molar-refractivity contribution in [3.63, 3.8) is 0 Å². The third kappa shape index (κ3) is 3.68. The molecule has 1 aromatic heterocycles. The van der Waals surface area contributed by atoms with Crippen molar-refractivity contribution in [1.82, 2.24) is 14.9 Å². The fourth-order valence-electron chi connectivity index (χ4n) is 2.36. The Balaban J connectivity index is 1.61. The zero-order chi connectivity index (χ0) is 15.5. The molecule has 4 nitrogen and oxygen atoms in total. The molecule has 1 atom stereocenters. The molecule has 0 aliphatic heterocycles. The van der Waals surface area contributed by atoms with Crippen molar-refractivity contribution < 1.29 is 9.18 Å². The molecule has 116 valence electrons. The van der Waals surface area contributed by atoms with Gasteiger partial charge in [-0.3, -0.25) is 9.36 Å². The maximum atomic E-state index is 13.3. The van der Waals surface area contributed by atoms with E-state index < -0.39 is 0 Å². The van der Waals surface area contributed by atoms with Gasteiger partial charge < -0.3 is 5.32 Å². The highest BCUT2D eigenvalue weighted by molar-refractivity contribution is 7.99. The SMILES string of the molecule is CC(NC(=O)CSc1nccn1-c1cccc(F)c1)C1CC1. The van der Waals surface area contributed by atoms with Gasteiger partial charge in [0.05, 0.1) is 11.4 Å². The van der Waals surface area contributed by atoms with E-state index in [-0.39, 0.29) is 17.8 Å². The topological polar surface area (TPSA) is 46.9 Å². The molecule has 1 amide bonds. The predicted octanol–water partition coefficient (Wildman–Crippen LogP) is 3.02. The summed E-state index contributed by atoms with van der Waals surface area (Å²) in [5.74, 6) is 0.670. The molecule has 0 radical (unpaired) electrons. The lowest BCUT2D eigenvalue weighted by molar-refractivity contribution is -0.119. The summed E-state index contributed by atoms with van der Waals surface area (Å²) in [6, 6.07) is 6.56. The van der Waals surface area contributed by atoms with Crippen molar-refractivity contribution in [1.29, 1.82) is 0 Å². The molecule has 1 heterocycles. The minimum atomic E-state index is -0.293. The van der Waals surface area contributed by atoms with Crippen LogP contribution >= 0.6 is 11.8 Å². The highest BCUT2D eigenvalue weighted by Crippen LogP contribution is 2.32. The highest BCUT2D eigenvalue weighted by Gasteiger charge is 2.28. The number of nitrogens with zero attached hydrogens (tertiary/aromatic N) is 2. The van der Waals surface area contributed by atoms with Gasteiger partial charge in [-0.2, -0.15) is 0 Å². The van der Waals surface area contributed by atoms with E-state index in [0.717, 1.165) is 0 Å². The second kappa shape index (κ2) is 6.52. The first-order valence-corrected chi connectivity index (χ1v) is 8.33. The van der Waals surface area contributed by atoms with Crippen LogP contribution in [0, 0.1) is 11.7 Å². The lowest BCUT2D eigenvalue weighted by Crippen LogP contribution is -2.35. The average molecular weight is 319 g/mol. The Kier molecular flexibility index (Phi) is 4.47. The van der Waals surface area contributed by atoms with Crippen LogP contribution in [0.25, 0.3) is 5.69 Å². The molecule has 1 aliphatic carbocycles. The minimum absolute atomic E-state index is 0.0122. The number of nitrogens with one attached hydrogen (secondary N) is 1. The van der Waals surface area contributed by atoms with Crippen LogP contribution in [0.4, 0.5) is 4.39 Å². The van der Waals surface area contributed by atoms with Crippen LogP contribution in [0.15, 0.2) is 41.8 Å². The van der Waals surface area contributed by atoms with Gasteiger partial charge in [-0.15, -0.1) is 0 Å². The monoisotopic (exact) mass is 319 g/mol. The number of thioether (sulfide) groups is 1. The third-order valence-electron chi connectivity index (χ3n) is 3.74. The van der Waals surface area contributed by atoms with Gasteiger partial charge in [-0.05, 0) is 43.9 Å². The second-order valence-electron chi connectivity index (χ2n) is 5.54. The molecule has 3 rings (SSSR count). The molecule has 1 aliphatic rings. The summed E-state index contributed by atoms with van der Waals surface area (Å²) >= 11 is 1.35. The Bertz CT molecular complexity index is 669. The standard InChI is InChI=1S/C16H18FN3OS/c1-11(12-5-6-12)19-15(21)10-22-16-18-7-8-20(16)14-4-2-3-13(17)9-14/h2-4,7-9,11-12H,5-6,10H2,1H3,(H,19,21). The molecule has 0 saturated heterocycles. The van der Waals surface area contributed by atoms with Gasteiger partial charge in [0.1, 0.15) is 5.82 Å². The van der Waals surface area contributed by atoms with Crippen LogP contribution in [0.1, 0.15) is 19.8 Å². The number of hydrogen-bond donors (Lipinski definition) is 1. The predicted molar refractivity (Wildman–Crippen MR) is 84.6 cm³/mol. The van der Waals surface area contributed by atoms with Crippen molar-refractivity contribution in [2.75, 3.05) is 5.75 Å². The van der Waals surface area contributed by atoms with E-state index in [1.807, 2.05) is 13.0 Å². The number of amides is 1. The van der Waals surface area contributed by atoms with Crippen molar-refractivity contribution in [3.05, 3.63) is 42.5 Å². The van der Waals surface area contributed by atoms with E-state index >= 15 is 0 Å². The van der Waals surface area contributed by atoms with E-state index in [4.69, 9.17) is 0 Å². The van der Waals surface area contributed by atoms with E-state index in [0.29, 0.717) is 22.5 Å². The zero-order valence-corrected chi connectivity index (χ0v) is 13.1. The van der Waals surface area contributed by atoms with Crippen LogP contribution in [0.5, 0.6) is 0 Å². The summed E-state index contributed by atoms with van der Waals surface area (Å²) in [5.41, 5.74) is 0.701. The van der Waals surface area contributed by atoms with E-state index in [9.17, 15) is 9.18 Å². The van der Waals surface area contributed by atoms with Gasteiger partial charge in [0.15, 0.2) is 5.16 Å². The maximum Gasteiger partial charge on any atom is 0.230 e.